The van der Waals surface area contributed by atoms with Crippen LogP contribution in [0.4, 0.5) is 8.78 Å². The lowest BCUT2D eigenvalue weighted by Crippen LogP contribution is -2.00. The Bertz CT molecular complexity index is 317. The molecule has 1 aromatic rings. The first-order valence-corrected chi connectivity index (χ1v) is 4.63. The topological polar surface area (TPSA) is 22.1 Å². The number of aryl methyl sites for hydroxylation is 1. The molecule has 2 nitrogen and oxygen atoms in total. The Morgan fingerprint density at radius 1 is 1.54 bits per heavy atom. The van der Waals surface area contributed by atoms with Gasteiger partial charge in [-0.2, -0.15) is 0 Å². The second-order valence-corrected chi connectivity index (χ2v) is 3.59. The quantitative estimate of drug-likeness (QED) is 0.619. The summed E-state index contributed by atoms with van der Waals surface area (Å²) in [6.07, 6.45) is -2.59. The molecule has 1 rings (SSSR count). The molecule has 0 fully saturated rings. The van der Waals surface area contributed by atoms with Crippen LogP contribution in [-0.4, -0.2) is 12.1 Å². The molecule has 0 bridgehead atoms. The van der Waals surface area contributed by atoms with Gasteiger partial charge in [0.05, 0.1) is 7.11 Å². The number of halogens is 3. The van der Waals surface area contributed by atoms with Gasteiger partial charge in [0.2, 0.25) is 0 Å². The average molecular weight is 299 g/mol. The van der Waals surface area contributed by atoms with Gasteiger partial charge < -0.3 is 4.74 Å². The number of methoxy groups -OCH3 is 1. The molecule has 5 heteroatoms. The number of hydrogen-bond donors (Lipinski definition) is 0. The normalized spacial score (nSPS) is 10.6. The highest BCUT2D eigenvalue weighted by Gasteiger charge is 2.18. The smallest absolute Gasteiger partial charge is 0.284 e. The Morgan fingerprint density at radius 2 is 2.15 bits per heavy atom. The summed E-state index contributed by atoms with van der Waals surface area (Å²) in [5, 5.41) is 0. The van der Waals surface area contributed by atoms with Gasteiger partial charge in [-0.05, 0) is 41.1 Å². The maximum Gasteiger partial charge on any atom is 0.284 e. The number of alkyl halides is 2. The summed E-state index contributed by atoms with van der Waals surface area (Å²) in [6.45, 7) is 1.72. The van der Waals surface area contributed by atoms with Crippen LogP contribution in [0.5, 0.6) is 5.75 Å². The van der Waals surface area contributed by atoms with Gasteiger partial charge in [0.15, 0.2) is 0 Å². The monoisotopic (exact) mass is 299 g/mol. The Labute approximate surface area is 88.5 Å². The van der Waals surface area contributed by atoms with Crippen LogP contribution in [0.3, 0.4) is 0 Å². The molecule has 0 saturated carbocycles. The van der Waals surface area contributed by atoms with E-state index in [2.05, 4.69) is 4.98 Å². The summed E-state index contributed by atoms with van der Waals surface area (Å²) in [4.78, 5) is 3.72. The Hall–Kier alpha value is -0.460. The van der Waals surface area contributed by atoms with Crippen molar-refractivity contribution in [3.63, 3.8) is 0 Å². The van der Waals surface area contributed by atoms with Crippen LogP contribution in [0.15, 0.2) is 6.07 Å². The fourth-order valence-corrected chi connectivity index (χ4v) is 1.78. The Kier molecular flexibility index (Phi) is 3.40. The van der Waals surface area contributed by atoms with Crippen molar-refractivity contribution in [3.8, 4) is 5.75 Å². The van der Waals surface area contributed by atoms with E-state index in [1.165, 1.54) is 7.11 Å². The molecule has 1 aromatic heterocycles. The largest absolute Gasteiger partial charge is 0.494 e. The molecule has 0 spiro atoms. The zero-order valence-corrected chi connectivity index (χ0v) is 9.30. The molecule has 0 saturated heterocycles. The number of nitrogens with zero attached hydrogens (tertiary/aromatic N) is 1. The van der Waals surface area contributed by atoms with E-state index in [0.29, 0.717) is 9.26 Å². The SMILES string of the molecule is COc1c(C)cc(I)nc1C(F)F. The minimum Gasteiger partial charge on any atom is -0.494 e. The summed E-state index contributed by atoms with van der Waals surface area (Å²) in [7, 11) is 1.36. The molecule has 0 aliphatic rings. The van der Waals surface area contributed by atoms with E-state index in [0.717, 1.165) is 0 Å². The molecule has 1 heterocycles. The van der Waals surface area contributed by atoms with E-state index in [1.54, 1.807) is 13.0 Å². The highest BCUT2D eigenvalue weighted by molar-refractivity contribution is 14.1. The summed E-state index contributed by atoms with van der Waals surface area (Å²) in [5.74, 6) is 0.176. The van der Waals surface area contributed by atoms with Crippen molar-refractivity contribution < 1.29 is 13.5 Å². The van der Waals surface area contributed by atoms with Gasteiger partial charge in [0, 0.05) is 0 Å². The van der Waals surface area contributed by atoms with E-state index in [-0.39, 0.29) is 11.4 Å². The van der Waals surface area contributed by atoms with Gasteiger partial charge in [-0.15, -0.1) is 0 Å². The minimum atomic E-state index is -2.59. The van der Waals surface area contributed by atoms with E-state index < -0.39 is 6.43 Å². The second kappa shape index (κ2) is 4.17. The molecule has 0 aliphatic heterocycles. The maximum absolute atomic E-state index is 12.4. The van der Waals surface area contributed by atoms with E-state index in [9.17, 15) is 8.78 Å². The lowest BCUT2D eigenvalue weighted by Gasteiger charge is -2.09. The maximum atomic E-state index is 12.4. The van der Waals surface area contributed by atoms with Crippen LogP contribution in [0.2, 0.25) is 0 Å². The molecule has 13 heavy (non-hydrogen) atoms. The van der Waals surface area contributed by atoms with Crippen molar-refractivity contribution in [2.75, 3.05) is 7.11 Å². The molecular weight excluding hydrogens is 291 g/mol. The predicted octanol–water partition coefficient (Wildman–Crippen LogP) is 2.94. The van der Waals surface area contributed by atoms with Crippen molar-refractivity contribution in [1.82, 2.24) is 4.98 Å². The number of hydrogen-bond acceptors (Lipinski definition) is 2. The van der Waals surface area contributed by atoms with E-state index >= 15 is 0 Å². The second-order valence-electron chi connectivity index (χ2n) is 2.48. The van der Waals surface area contributed by atoms with Crippen molar-refractivity contribution in [3.05, 3.63) is 21.0 Å². The molecule has 0 aliphatic carbocycles. The molecule has 0 amide bonds. The molecule has 0 N–H and O–H groups in total. The van der Waals surface area contributed by atoms with E-state index in [1.807, 2.05) is 22.6 Å². The molecular formula is C8H8F2INO. The standard InChI is InChI=1S/C8H8F2INO/c1-4-3-5(11)12-6(8(9)10)7(4)13-2/h3,8H,1-2H3. The van der Waals surface area contributed by atoms with Crippen molar-refractivity contribution in [2.24, 2.45) is 0 Å². The first-order valence-electron chi connectivity index (χ1n) is 3.55. The fraction of sp³-hybridized carbons (Fsp3) is 0.375. The third-order valence-corrected chi connectivity index (χ3v) is 2.12. The third kappa shape index (κ3) is 2.26. The first-order chi connectivity index (χ1) is 6.06. The third-order valence-electron chi connectivity index (χ3n) is 1.56. The van der Waals surface area contributed by atoms with E-state index in [4.69, 9.17) is 4.74 Å². The van der Waals surface area contributed by atoms with Crippen LogP contribution in [0.1, 0.15) is 17.7 Å². The summed E-state index contributed by atoms with van der Waals surface area (Å²) in [6, 6.07) is 1.70. The van der Waals surface area contributed by atoms with Gasteiger partial charge in [-0.3, -0.25) is 0 Å². The zero-order chi connectivity index (χ0) is 10.0. The summed E-state index contributed by atoms with van der Waals surface area (Å²) >= 11 is 1.90. The van der Waals surface area contributed by atoms with Crippen LogP contribution in [-0.2, 0) is 0 Å². The van der Waals surface area contributed by atoms with Gasteiger partial charge in [0.1, 0.15) is 15.1 Å². The Balaban J connectivity index is 3.29. The Morgan fingerprint density at radius 3 is 2.62 bits per heavy atom. The summed E-state index contributed by atoms with van der Waals surface area (Å²) in [5.41, 5.74) is 0.393. The van der Waals surface area contributed by atoms with Gasteiger partial charge in [-0.1, -0.05) is 0 Å². The lowest BCUT2D eigenvalue weighted by molar-refractivity contribution is 0.141. The van der Waals surface area contributed by atoms with Gasteiger partial charge >= 0.3 is 0 Å². The molecule has 0 aromatic carbocycles. The number of pyridine rings is 1. The number of rotatable bonds is 2. The average Bonchev–Trinajstić information content (AvgIpc) is 2.02. The van der Waals surface area contributed by atoms with Crippen molar-refractivity contribution in [2.45, 2.75) is 13.3 Å². The summed E-state index contributed by atoms with van der Waals surface area (Å²) < 4.78 is 30.3. The van der Waals surface area contributed by atoms with Crippen molar-refractivity contribution >= 4 is 22.6 Å². The van der Waals surface area contributed by atoms with Crippen LogP contribution >= 0.6 is 22.6 Å². The van der Waals surface area contributed by atoms with Gasteiger partial charge in [0.25, 0.3) is 6.43 Å². The van der Waals surface area contributed by atoms with Crippen LogP contribution in [0, 0.1) is 10.6 Å². The molecule has 0 unspecified atom stereocenters. The van der Waals surface area contributed by atoms with Crippen molar-refractivity contribution in [1.29, 1.82) is 0 Å². The number of aromatic nitrogens is 1. The predicted molar refractivity (Wildman–Crippen MR) is 53.2 cm³/mol. The molecule has 72 valence electrons. The number of ether oxygens (including phenoxy) is 1. The fourth-order valence-electron chi connectivity index (χ4n) is 1.06. The zero-order valence-electron chi connectivity index (χ0n) is 7.14. The molecule has 0 radical (unpaired) electrons. The van der Waals surface area contributed by atoms with Crippen LogP contribution in [0.25, 0.3) is 0 Å². The molecule has 0 atom stereocenters. The minimum absolute atomic E-state index is 0.176. The highest BCUT2D eigenvalue weighted by Crippen LogP contribution is 2.30. The first kappa shape index (κ1) is 10.6. The highest BCUT2D eigenvalue weighted by atomic mass is 127. The van der Waals surface area contributed by atoms with Crippen LogP contribution < -0.4 is 4.74 Å². The lowest BCUT2D eigenvalue weighted by atomic mass is 10.2. The van der Waals surface area contributed by atoms with Gasteiger partial charge in [-0.25, -0.2) is 13.8 Å².